The lowest BCUT2D eigenvalue weighted by atomic mass is 9.95. The molecular formula is C24H19N3O2. The van der Waals surface area contributed by atoms with E-state index in [1.54, 1.807) is 48.5 Å². The van der Waals surface area contributed by atoms with E-state index in [0.29, 0.717) is 28.1 Å². The summed E-state index contributed by atoms with van der Waals surface area (Å²) in [6.07, 6.45) is 1.91. The third-order valence-electron chi connectivity index (χ3n) is 4.87. The fraction of sp³-hybridized carbons (Fsp3) is 0.125. The molecule has 0 aromatic heterocycles. The molecule has 2 N–H and O–H groups in total. The third kappa shape index (κ3) is 4.17. The number of nitriles is 1. The number of hydrogen-bond acceptors (Lipinski definition) is 3. The Labute approximate surface area is 169 Å². The molecule has 0 spiro atoms. The quantitative estimate of drug-likeness (QED) is 0.664. The van der Waals surface area contributed by atoms with E-state index in [2.05, 4.69) is 16.7 Å². The molecule has 1 saturated carbocycles. The number of hydrogen-bond donors (Lipinski definition) is 2. The molecule has 5 heteroatoms. The van der Waals surface area contributed by atoms with E-state index >= 15 is 0 Å². The maximum atomic E-state index is 12.9. The topological polar surface area (TPSA) is 82.0 Å². The Hall–Kier alpha value is -3.91. The number of benzene rings is 3. The minimum atomic E-state index is -0.261. The molecule has 3 aromatic rings. The van der Waals surface area contributed by atoms with Gasteiger partial charge in [-0.1, -0.05) is 36.4 Å². The van der Waals surface area contributed by atoms with Crippen LogP contribution in [0.1, 0.15) is 28.8 Å². The summed E-state index contributed by atoms with van der Waals surface area (Å²) >= 11 is 0. The Bertz CT molecular complexity index is 1110. The number of nitrogens with one attached hydrogen (secondary N) is 2. The molecule has 1 aliphatic carbocycles. The number of amides is 2. The molecule has 142 valence electrons. The minimum Gasteiger partial charge on any atom is -0.326 e. The summed E-state index contributed by atoms with van der Waals surface area (Å²) in [6.45, 7) is 0. The van der Waals surface area contributed by atoms with Gasteiger partial charge in [-0.15, -0.1) is 0 Å². The smallest absolute Gasteiger partial charge is 0.256 e. The first-order valence-corrected chi connectivity index (χ1v) is 9.46. The highest BCUT2D eigenvalue weighted by atomic mass is 16.2. The SMILES string of the molecule is N#Cc1ccccc1-c1ccccc1C(=O)Nc1ccc(NC(=O)C2CC2)cc1. The summed E-state index contributed by atoms with van der Waals surface area (Å²) in [5.41, 5.74) is 3.77. The van der Waals surface area contributed by atoms with E-state index in [-0.39, 0.29) is 17.7 Å². The van der Waals surface area contributed by atoms with Crippen molar-refractivity contribution in [2.24, 2.45) is 5.92 Å². The van der Waals surface area contributed by atoms with Gasteiger partial charge in [0.2, 0.25) is 5.91 Å². The average Bonchev–Trinajstić information content (AvgIpc) is 3.60. The molecule has 0 saturated heterocycles. The lowest BCUT2D eigenvalue weighted by Gasteiger charge is -2.12. The molecule has 0 heterocycles. The van der Waals surface area contributed by atoms with Gasteiger partial charge in [0.25, 0.3) is 5.91 Å². The van der Waals surface area contributed by atoms with Crippen LogP contribution in [0.25, 0.3) is 11.1 Å². The number of carbonyl (C=O) groups is 2. The van der Waals surface area contributed by atoms with Gasteiger partial charge in [0.1, 0.15) is 0 Å². The molecule has 5 nitrogen and oxygen atoms in total. The Morgan fingerprint density at radius 3 is 2.03 bits per heavy atom. The van der Waals surface area contributed by atoms with Gasteiger partial charge >= 0.3 is 0 Å². The average molecular weight is 381 g/mol. The highest BCUT2D eigenvalue weighted by Gasteiger charge is 2.29. The van der Waals surface area contributed by atoms with E-state index in [4.69, 9.17) is 0 Å². The highest BCUT2D eigenvalue weighted by molar-refractivity contribution is 6.09. The summed E-state index contributed by atoms with van der Waals surface area (Å²) in [5.74, 6) is -0.0721. The fourth-order valence-electron chi connectivity index (χ4n) is 3.16. The van der Waals surface area contributed by atoms with Gasteiger partial charge in [0.05, 0.1) is 11.6 Å². The molecule has 1 aliphatic rings. The van der Waals surface area contributed by atoms with Crippen LogP contribution in [0, 0.1) is 17.2 Å². The Balaban J connectivity index is 1.53. The normalized spacial score (nSPS) is 12.7. The zero-order chi connectivity index (χ0) is 20.2. The highest BCUT2D eigenvalue weighted by Crippen LogP contribution is 2.30. The minimum absolute atomic E-state index is 0.0480. The van der Waals surface area contributed by atoms with Crippen molar-refractivity contribution in [3.63, 3.8) is 0 Å². The van der Waals surface area contributed by atoms with Crippen LogP contribution in [0.5, 0.6) is 0 Å². The summed E-state index contributed by atoms with van der Waals surface area (Å²) in [4.78, 5) is 24.7. The van der Waals surface area contributed by atoms with Crippen LogP contribution >= 0.6 is 0 Å². The predicted molar refractivity (Wildman–Crippen MR) is 112 cm³/mol. The zero-order valence-electron chi connectivity index (χ0n) is 15.7. The van der Waals surface area contributed by atoms with Crippen LogP contribution < -0.4 is 10.6 Å². The first-order valence-electron chi connectivity index (χ1n) is 9.46. The summed E-state index contributed by atoms with van der Waals surface area (Å²) in [5, 5.41) is 15.2. The molecule has 4 rings (SSSR count). The second-order valence-electron chi connectivity index (χ2n) is 7.00. The van der Waals surface area contributed by atoms with E-state index < -0.39 is 0 Å². The third-order valence-corrected chi connectivity index (χ3v) is 4.87. The van der Waals surface area contributed by atoms with E-state index in [1.807, 2.05) is 24.3 Å². The maximum Gasteiger partial charge on any atom is 0.256 e. The number of nitrogens with zero attached hydrogens (tertiary/aromatic N) is 1. The Kier molecular flexibility index (Phi) is 5.08. The van der Waals surface area contributed by atoms with E-state index in [0.717, 1.165) is 18.4 Å². The molecule has 0 unspecified atom stereocenters. The van der Waals surface area contributed by atoms with Gasteiger partial charge in [0, 0.05) is 28.4 Å². The summed E-state index contributed by atoms with van der Waals surface area (Å²) in [6, 6.07) is 23.7. The molecule has 3 aromatic carbocycles. The predicted octanol–water partition coefficient (Wildman–Crippen LogP) is 4.83. The van der Waals surface area contributed by atoms with Crippen LogP contribution in [0.4, 0.5) is 11.4 Å². The van der Waals surface area contributed by atoms with Crippen molar-refractivity contribution in [1.29, 1.82) is 5.26 Å². The molecule has 0 atom stereocenters. The molecule has 0 radical (unpaired) electrons. The van der Waals surface area contributed by atoms with Crippen molar-refractivity contribution >= 4 is 23.2 Å². The zero-order valence-corrected chi connectivity index (χ0v) is 15.7. The maximum absolute atomic E-state index is 12.9. The van der Waals surface area contributed by atoms with Crippen molar-refractivity contribution in [2.75, 3.05) is 10.6 Å². The molecule has 0 aliphatic heterocycles. The van der Waals surface area contributed by atoms with Crippen molar-refractivity contribution < 1.29 is 9.59 Å². The summed E-state index contributed by atoms with van der Waals surface area (Å²) in [7, 11) is 0. The molecule has 29 heavy (non-hydrogen) atoms. The van der Waals surface area contributed by atoms with Crippen LogP contribution in [-0.4, -0.2) is 11.8 Å². The van der Waals surface area contributed by atoms with Crippen LogP contribution in [-0.2, 0) is 4.79 Å². The Morgan fingerprint density at radius 1 is 0.793 bits per heavy atom. The first-order chi connectivity index (χ1) is 14.2. The number of anilines is 2. The van der Waals surface area contributed by atoms with Gasteiger partial charge in [-0.05, 0) is 54.8 Å². The van der Waals surface area contributed by atoms with Crippen LogP contribution in [0.2, 0.25) is 0 Å². The first kappa shape index (κ1) is 18.5. The Morgan fingerprint density at radius 2 is 1.38 bits per heavy atom. The van der Waals surface area contributed by atoms with Crippen LogP contribution in [0.15, 0.2) is 72.8 Å². The van der Waals surface area contributed by atoms with Crippen LogP contribution in [0.3, 0.4) is 0 Å². The van der Waals surface area contributed by atoms with E-state index in [1.165, 1.54) is 0 Å². The van der Waals surface area contributed by atoms with Crippen molar-refractivity contribution in [2.45, 2.75) is 12.8 Å². The second kappa shape index (κ2) is 7.99. The molecule has 0 bridgehead atoms. The lowest BCUT2D eigenvalue weighted by Crippen LogP contribution is -2.14. The van der Waals surface area contributed by atoms with E-state index in [9.17, 15) is 14.9 Å². The summed E-state index contributed by atoms with van der Waals surface area (Å²) < 4.78 is 0. The van der Waals surface area contributed by atoms with Crippen molar-refractivity contribution in [3.8, 4) is 17.2 Å². The molecule has 2 amide bonds. The van der Waals surface area contributed by atoms with Gasteiger partial charge in [-0.2, -0.15) is 5.26 Å². The van der Waals surface area contributed by atoms with Gasteiger partial charge in [0.15, 0.2) is 0 Å². The fourth-order valence-corrected chi connectivity index (χ4v) is 3.16. The lowest BCUT2D eigenvalue weighted by molar-refractivity contribution is -0.117. The standard InChI is InChI=1S/C24H19N3O2/c25-15-17-5-1-2-6-20(17)21-7-3-4-8-22(21)24(29)27-19-13-11-18(12-14-19)26-23(28)16-9-10-16/h1-8,11-14,16H,9-10H2,(H,26,28)(H,27,29). The number of rotatable bonds is 5. The van der Waals surface area contributed by atoms with Gasteiger partial charge < -0.3 is 10.6 Å². The molecular weight excluding hydrogens is 362 g/mol. The largest absolute Gasteiger partial charge is 0.326 e. The number of carbonyl (C=O) groups excluding carboxylic acids is 2. The van der Waals surface area contributed by atoms with Gasteiger partial charge in [-0.3, -0.25) is 9.59 Å². The van der Waals surface area contributed by atoms with Crippen molar-refractivity contribution in [1.82, 2.24) is 0 Å². The molecule has 1 fully saturated rings. The second-order valence-corrected chi connectivity index (χ2v) is 7.00. The van der Waals surface area contributed by atoms with Crippen molar-refractivity contribution in [3.05, 3.63) is 83.9 Å². The van der Waals surface area contributed by atoms with Gasteiger partial charge in [-0.25, -0.2) is 0 Å². The monoisotopic (exact) mass is 381 g/mol.